The Morgan fingerprint density at radius 3 is 2.45 bits per heavy atom. The molecule has 0 amide bonds. The summed E-state index contributed by atoms with van der Waals surface area (Å²) in [5.74, 6) is 0.644. The fourth-order valence-electron chi connectivity index (χ4n) is 3.70. The van der Waals surface area contributed by atoms with Gasteiger partial charge in [-0.15, -0.1) is 5.10 Å². The van der Waals surface area contributed by atoms with Gasteiger partial charge in [0.1, 0.15) is 5.52 Å². The number of methoxy groups -OCH3 is 1. The molecule has 0 aliphatic carbocycles. The van der Waals surface area contributed by atoms with Crippen LogP contribution in [0.5, 0.6) is 6.01 Å². The smallest absolute Gasteiger partial charge is 0.298 e. The largest absolute Gasteiger partial charge is 0.468 e. The normalized spacial score (nSPS) is 11.2. The molecule has 0 saturated carbocycles. The van der Waals surface area contributed by atoms with Crippen LogP contribution in [0.15, 0.2) is 54.6 Å². The van der Waals surface area contributed by atoms with Crippen molar-refractivity contribution in [2.24, 2.45) is 0 Å². The van der Waals surface area contributed by atoms with E-state index >= 15 is 0 Å². The second-order valence-corrected chi connectivity index (χ2v) is 7.41. The fourth-order valence-corrected chi connectivity index (χ4v) is 3.70. The molecule has 3 heterocycles. The zero-order valence-electron chi connectivity index (χ0n) is 17.5. The monoisotopic (exact) mass is 411 g/mol. The lowest BCUT2D eigenvalue weighted by Gasteiger charge is -2.10. The Labute approximate surface area is 178 Å². The van der Waals surface area contributed by atoms with Gasteiger partial charge in [0.15, 0.2) is 11.5 Å². The maximum absolute atomic E-state index is 5.52. The van der Waals surface area contributed by atoms with E-state index in [2.05, 4.69) is 62.0 Å². The van der Waals surface area contributed by atoms with Crippen molar-refractivity contribution in [3.05, 3.63) is 71.4 Å². The zero-order chi connectivity index (χ0) is 21.4. The number of aromatic nitrogens is 7. The van der Waals surface area contributed by atoms with Crippen LogP contribution < -0.4 is 4.74 Å². The lowest BCUT2D eigenvalue weighted by molar-refractivity contribution is 0.363. The number of aryl methyl sites for hydroxylation is 2. The Balaban J connectivity index is 1.50. The number of nitrogens with zero attached hydrogens (tertiary/aromatic N) is 6. The first-order chi connectivity index (χ1) is 15.1. The highest BCUT2D eigenvalue weighted by atomic mass is 16.5. The topological polar surface area (TPSA) is 94.4 Å². The van der Waals surface area contributed by atoms with E-state index in [9.17, 15) is 0 Å². The van der Waals surface area contributed by atoms with E-state index in [4.69, 9.17) is 9.72 Å². The molecular weight excluding hydrogens is 390 g/mol. The molecule has 8 heteroatoms. The molecule has 0 aliphatic rings. The predicted octanol–water partition coefficient (Wildman–Crippen LogP) is 3.95. The molecule has 0 atom stereocenters. The van der Waals surface area contributed by atoms with Gasteiger partial charge in [0, 0.05) is 11.3 Å². The van der Waals surface area contributed by atoms with Crippen LogP contribution in [0.1, 0.15) is 16.8 Å². The van der Waals surface area contributed by atoms with E-state index in [1.54, 1.807) is 7.11 Å². The van der Waals surface area contributed by atoms with Crippen LogP contribution in [0.3, 0.4) is 0 Å². The SMILES string of the molecule is COc1nc2cc(C)c(C)nc2n1Cc1ccc(-c2ccccc2-c2nnn[nH]2)cc1. The number of hydrogen-bond donors (Lipinski definition) is 1. The highest BCUT2D eigenvalue weighted by molar-refractivity contribution is 5.80. The number of rotatable bonds is 5. The molecule has 31 heavy (non-hydrogen) atoms. The molecule has 0 bridgehead atoms. The van der Waals surface area contributed by atoms with E-state index in [0.29, 0.717) is 18.4 Å². The van der Waals surface area contributed by atoms with E-state index < -0.39 is 0 Å². The van der Waals surface area contributed by atoms with Gasteiger partial charge in [-0.25, -0.2) is 10.1 Å². The first-order valence-electron chi connectivity index (χ1n) is 9.95. The molecule has 3 aromatic heterocycles. The maximum atomic E-state index is 5.52. The van der Waals surface area contributed by atoms with E-state index in [1.165, 1.54) is 0 Å². The molecule has 0 unspecified atom stereocenters. The average molecular weight is 411 g/mol. The Hall–Kier alpha value is -4.07. The van der Waals surface area contributed by atoms with E-state index in [1.807, 2.05) is 36.6 Å². The van der Waals surface area contributed by atoms with Crippen LogP contribution in [0.4, 0.5) is 0 Å². The highest BCUT2D eigenvalue weighted by Crippen LogP contribution is 2.30. The Bertz CT molecular complexity index is 1360. The van der Waals surface area contributed by atoms with Gasteiger partial charge in [-0.3, -0.25) is 4.57 Å². The van der Waals surface area contributed by atoms with Gasteiger partial charge in [0.05, 0.1) is 13.7 Å². The number of aromatic amines is 1. The molecule has 8 nitrogen and oxygen atoms in total. The van der Waals surface area contributed by atoms with Crippen molar-refractivity contribution < 1.29 is 4.74 Å². The van der Waals surface area contributed by atoms with Gasteiger partial charge >= 0.3 is 0 Å². The van der Waals surface area contributed by atoms with Crippen LogP contribution >= 0.6 is 0 Å². The minimum absolute atomic E-state index is 0.555. The third-order valence-corrected chi connectivity index (χ3v) is 5.45. The van der Waals surface area contributed by atoms with Crippen LogP contribution in [0.2, 0.25) is 0 Å². The Morgan fingerprint density at radius 1 is 0.968 bits per heavy atom. The molecule has 5 rings (SSSR count). The maximum Gasteiger partial charge on any atom is 0.298 e. The third-order valence-electron chi connectivity index (χ3n) is 5.45. The summed E-state index contributed by atoms with van der Waals surface area (Å²) in [5.41, 5.74) is 8.00. The van der Waals surface area contributed by atoms with Gasteiger partial charge in [-0.1, -0.05) is 48.5 Å². The number of H-pyrrole nitrogens is 1. The van der Waals surface area contributed by atoms with Crippen molar-refractivity contribution in [1.82, 2.24) is 35.2 Å². The molecule has 0 spiro atoms. The summed E-state index contributed by atoms with van der Waals surface area (Å²) in [4.78, 5) is 9.33. The summed E-state index contributed by atoms with van der Waals surface area (Å²) in [7, 11) is 1.63. The zero-order valence-corrected chi connectivity index (χ0v) is 17.5. The van der Waals surface area contributed by atoms with Gasteiger partial charge in [-0.2, -0.15) is 4.98 Å². The number of nitrogens with one attached hydrogen (secondary N) is 1. The quantitative estimate of drug-likeness (QED) is 0.471. The van der Waals surface area contributed by atoms with Gasteiger partial charge in [-0.05, 0) is 52.6 Å². The van der Waals surface area contributed by atoms with Gasteiger partial charge in [0.2, 0.25) is 0 Å². The summed E-state index contributed by atoms with van der Waals surface area (Å²) in [6, 6.07) is 19.1. The molecule has 1 N–H and O–H groups in total. The molecule has 0 radical (unpaired) electrons. The van der Waals surface area contributed by atoms with Crippen molar-refractivity contribution in [2.45, 2.75) is 20.4 Å². The molecule has 0 saturated heterocycles. The number of tetrazole rings is 1. The van der Waals surface area contributed by atoms with Crippen molar-refractivity contribution >= 4 is 11.2 Å². The summed E-state index contributed by atoms with van der Waals surface area (Å²) in [6.07, 6.45) is 0. The van der Waals surface area contributed by atoms with Crippen LogP contribution in [-0.2, 0) is 6.54 Å². The minimum Gasteiger partial charge on any atom is -0.468 e. The number of benzene rings is 2. The Morgan fingerprint density at radius 2 is 1.74 bits per heavy atom. The van der Waals surface area contributed by atoms with Gasteiger partial charge in [0.25, 0.3) is 6.01 Å². The second kappa shape index (κ2) is 7.64. The summed E-state index contributed by atoms with van der Waals surface area (Å²) in [5, 5.41) is 14.3. The lowest BCUT2D eigenvalue weighted by Crippen LogP contribution is -2.04. The van der Waals surface area contributed by atoms with Crippen LogP contribution in [0, 0.1) is 13.8 Å². The number of imidazole rings is 1. The first-order valence-corrected chi connectivity index (χ1v) is 9.95. The third kappa shape index (κ3) is 3.42. The van der Waals surface area contributed by atoms with Crippen molar-refractivity contribution in [3.8, 4) is 28.5 Å². The van der Waals surface area contributed by atoms with Crippen LogP contribution in [0.25, 0.3) is 33.7 Å². The Kier molecular flexibility index (Phi) is 4.66. The van der Waals surface area contributed by atoms with E-state index in [-0.39, 0.29) is 0 Å². The summed E-state index contributed by atoms with van der Waals surface area (Å²) < 4.78 is 7.53. The summed E-state index contributed by atoms with van der Waals surface area (Å²) in [6.45, 7) is 4.66. The van der Waals surface area contributed by atoms with Crippen molar-refractivity contribution in [1.29, 1.82) is 0 Å². The standard InChI is InChI=1S/C23H21N7O/c1-14-12-20-22(24-15(14)2)30(23(25-20)31-3)13-16-8-10-17(11-9-16)18-6-4-5-7-19(18)21-26-28-29-27-21/h4-12H,13H2,1-3H3,(H,26,27,28,29). The minimum atomic E-state index is 0.555. The first kappa shape index (κ1) is 18.9. The molecule has 0 fully saturated rings. The van der Waals surface area contributed by atoms with Crippen molar-refractivity contribution in [2.75, 3.05) is 7.11 Å². The lowest BCUT2D eigenvalue weighted by atomic mass is 9.98. The second-order valence-electron chi connectivity index (χ2n) is 7.41. The van der Waals surface area contributed by atoms with E-state index in [0.717, 1.165) is 44.7 Å². The number of ether oxygens (including phenoxy) is 1. The number of pyridine rings is 1. The van der Waals surface area contributed by atoms with Gasteiger partial charge < -0.3 is 4.74 Å². The highest BCUT2D eigenvalue weighted by Gasteiger charge is 2.15. The molecule has 2 aromatic carbocycles. The van der Waals surface area contributed by atoms with Crippen molar-refractivity contribution in [3.63, 3.8) is 0 Å². The molecule has 154 valence electrons. The summed E-state index contributed by atoms with van der Waals surface area (Å²) >= 11 is 0. The molecular formula is C23H21N7O. The molecule has 5 aromatic rings. The fraction of sp³-hybridized carbons (Fsp3) is 0.174. The predicted molar refractivity (Wildman–Crippen MR) is 118 cm³/mol. The number of fused-ring (bicyclic) bond motifs is 1. The average Bonchev–Trinajstić information content (AvgIpc) is 3.44. The molecule has 0 aliphatic heterocycles. The van der Waals surface area contributed by atoms with Crippen LogP contribution in [-0.4, -0.2) is 42.3 Å². The number of hydrogen-bond acceptors (Lipinski definition) is 6.